The monoisotopic (exact) mass is 550 g/mol. The van der Waals surface area contributed by atoms with Gasteiger partial charge in [-0.2, -0.15) is 0 Å². The number of nitrogens with one attached hydrogen (secondary N) is 3. The van der Waals surface area contributed by atoms with Crippen molar-refractivity contribution in [3.8, 4) is 11.1 Å². The van der Waals surface area contributed by atoms with Gasteiger partial charge in [0.25, 0.3) is 0 Å². The standard InChI is InChI=1S/C29H29ClF2N6O/c30-26-10-18(24-13-34-28-23(24)2-1-9-33-28)11-27(37-26)35-21-5-7-22(8-6-21)36-29(39)19-15-38(16-19)14-17-3-4-20(31)12-25(17)32/h1-4,9-13,19,21-22H,5-8,14-16H2,(H,33,34)(H,35,37)(H,36,39)/t21-,22-. The molecule has 0 spiro atoms. The molecule has 0 radical (unpaired) electrons. The smallest absolute Gasteiger partial charge is 0.225 e. The molecule has 39 heavy (non-hydrogen) atoms. The number of aromatic amines is 1. The predicted molar refractivity (Wildman–Crippen MR) is 147 cm³/mol. The fraction of sp³-hybridized carbons (Fsp3) is 0.345. The molecule has 3 N–H and O–H groups in total. The Hall–Kier alpha value is -3.56. The molecule has 0 unspecified atom stereocenters. The Kier molecular flexibility index (Phi) is 7.18. The third-order valence-corrected chi connectivity index (χ3v) is 7.91. The molecule has 4 aromatic rings. The number of pyridine rings is 2. The minimum atomic E-state index is -0.584. The average molecular weight is 551 g/mol. The molecule has 1 aliphatic heterocycles. The van der Waals surface area contributed by atoms with Gasteiger partial charge >= 0.3 is 0 Å². The van der Waals surface area contributed by atoms with Gasteiger partial charge in [0.1, 0.15) is 28.3 Å². The van der Waals surface area contributed by atoms with Gasteiger partial charge in [0.2, 0.25) is 5.91 Å². The maximum atomic E-state index is 13.9. The van der Waals surface area contributed by atoms with E-state index in [4.69, 9.17) is 11.6 Å². The van der Waals surface area contributed by atoms with Crippen LogP contribution in [0.2, 0.25) is 5.15 Å². The van der Waals surface area contributed by atoms with E-state index in [0.29, 0.717) is 30.4 Å². The molecule has 202 valence electrons. The summed E-state index contributed by atoms with van der Waals surface area (Å²) in [6, 6.07) is 11.8. The number of amides is 1. The van der Waals surface area contributed by atoms with Gasteiger partial charge in [-0.25, -0.2) is 18.7 Å². The predicted octanol–water partition coefficient (Wildman–Crippen LogP) is 5.53. The van der Waals surface area contributed by atoms with Gasteiger partial charge in [0.05, 0.1) is 5.92 Å². The summed E-state index contributed by atoms with van der Waals surface area (Å²) in [5.74, 6) is -0.448. The molecule has 2 fully saturated rings. The van der Waals surface area contributed by atoms with Crippen molar-refractivity contribution in [3.05, 3.63) is 77.2 Å². The number of hydrogen-bond acceptors (Lipinski definition) is 5. The van der Waals surface area contributed by atoms with Crippen molar-refractivity contribution in [1.82, 2.24) is 25.2 Å². The van der Waals surface area contributed by atoms with Crippen molar-refractivity contribution < 1.29 is 13.6 Å². The van der Waals surface area contributed by atoms with Gasteiger partial charge < -0.3 is 15.6 Å². The summed E-state index contributed by atoms with van der Waals surface area (Å²) < 4.78 is 27.0. The van der Waals surface area contributed by atoms with Crippen LogP contribution >= 0.6 is 11.6 Å². The molecular weight excluding hydrogens is 522 g/mol. The van der Waals surface area contributed by atoms with Crippen molar-refractivity contribution in [1.29, 1.82) is 0 Å². The number of H-pyrrole nitrogens is 1. The molecule has 1 saturated carbocycles. The summed E-state index contributed by atoms with van der Waals surface area (Å²) in [5.41, 5.74) is 3.26. The van der Waals surface area contributed by atoms with Gasteiger partial charge in [0, 0.05) is 66.7 Å². The van der Waals surface area contributed by atoms with Gasteiger partial charge in [-0.1, -0.05) is 17.7 Å². The number of nitrogens with zero attached hydrogens (tertiary/aromatic N) is 3. The topological polar surface area (TPSA) is 85.9 Å². The first kappa shape index (κ1) is 25.7. The van der Waals surface area contributed by atoms with E-state index in [-0.39, 0.29) is 23.9 Å². The minimum Gasteiger partial charge on any atom is -0.367 e. The maximum Gasteiger partial charge on any atom is 0.225 e. The summed E-state index contributed by atoms with van der Waals surface area (Å²) in [7, 11) is 0. The van der Waals surface area contributed by atoms with Crippen LogP contribution < -0.4 is 10.6 Å². The summed E-state index contributed by atoms with van der Waals surface area (Å²) in [6.45, 7) is 1.53. The molecule has 1 saturated heterocycles. The zero-order valence-corrected chi connectivity index (χ0v) is 22.0. The Morgan fingerprint density at radius 3 is 2.67 bits per heavy atom. The van der Waals surface area contributed by atoms with Crippen LogP contribution in [-0.2, 0) is 11.3 Å². The number of rotatable bonds is 7. The van der Waals surface area contributed by atoms with Crippen molar-refractivity contribution in [2.24, 2.45) is 5.92 Å². The minimum absolute atomic E-state index is 0.0524. The van der Waals surface area contributed by atoms with E-state index in [1.165, 1.54) is 12.1 Å². The fourth-order valence-corrected chi connectivity index (χ4v) is 5.80. The number of carbonyl (C=O) groups excluding carboxylic acids is 1. The molecule has 3 aromatic heterocycles. The fourth-order valence-electron chi connectivity index (χ4n) is 5.59. The van der Waals surface area contributed by atoms with Crippen LogP contribution in [-0.4, -0.2) is 50.9 Å². The summed E-state index contributed by atoms with van der Waals surface area (Å²) >= 11 is 6.37. The quantitative estimate of drug-likeness (QED) is 0.264. The first-order valence-corrected chi connectivity index (χ1v) is 13.6. The molecule has 1 aromatic carbocycles. The van der Waals surface area contributed by atoms with Crippen LogP contribution in [0.25, 0.3) is 22.2 Å². The highest BCUT2D eigenvalue weighted by Crippen LogP contribution is 2.32. The highest BCUT2D eigenvalue weighted by Gasteiger charge is 2.34. The lowest BCUT2D eigenvalue weighted by Gasteiger charge is -2.39. The number of carbonyl (C=O) groups is 1. The number of hydrogen-bond donors (Lipinski definition) is 3. The van der Waals surface area contributed by atoms with Gasteiger partial charge in [-0.05, 0) is 61.6 Å². The van der Waals surface area contributed by atoms with Gasteiger partial charge in [0.15, 0.2) is 0 Å². The first-order valence-electron chi connectivity index (χ1n) is 13.2. The lowest BCUT2D eigenvalue weighted by Crippen LogP contribution is -2.55. The highest BCUT2D eigenvalue weighted by atomic mass is 35.5. The zero-order valence-electron chi connectivity index (χ0n) is 21.3. The van der Waals surface area contributed by atoms with Crippen LogP contribution in [0.3, 0.4) is 0 Å². The Bertz CT molecular complexity index is 1500. The maximum absolute atomic E-state index is 13.9. The molecule has 7 nitrogen and oxygen atoms in total. The van der Waals surface area contributed by atoms with E-state index < -0.39 is 11.6 Å². The second-order valence-electron chi connectivity index (χ2n) is 10.5. The van der Waals surface area contributed by atoms with E-state index in [1.54, 1.807) is 6.20 Å². The lowest BCUT2D eigenvalue weighted by molar-refractivity contribution is -0.131. The average Bonchev–Trinajstić information content (AvgIpc) is 3.32. The van der Waals surface area contributed by atoms with Crippen molar-refractivity contribution in [3.63, 3.8) is 0 Å². The summed E-state index contributed by atoms with van der Waals surface area (Å²) in [5, 5.41) is 8.18. The van der Waals surface area contributed by atoms with Crippen molar-refractivity contribution in [2.45, 2.75) is 44.3 Å². The van der Waals surface area contributed by atoms with E-state index >= 15 is 0 Å². The number of likely N-dealkylation sites (tertiary alicyclic amines) is 1. The van der Waals surface area contributed by atoms with Crippen LogP contribution in [0.15, 0.2) is 54.9 Å². The molecule has 0 atom stereocenters. The Balaban J connectivity index is 0.984. The van der Waals surface area contributed by atoms with Crippen LogP contribution in [0.4, 0.5) is 14.6 Å². The molecule has 1 aliphatic carbocycles. The van der Waals surface area contributed by atoms with Crippen LogP contribution in [0, 0.1) is 17.6 Å². The number of anilines is 1. The van der Waals surface area contributed by atoms with E-state index in [9.17, 15) is 13.6 Å². The molecule has 4 heterocycles. The molecule has 10 heteroatoms. The summed E-state index contributed by atoms with van der Waals surface area (Å²) in [6.07, 6.45) is 7.26. The normalized spacial score (nSPS) is 20.1. The molecule has 2 aliphatic rings. The third-order valence-electron chi connectivity index (χ3n) is 7.72. The Labute approximate surface area is 230 Å². The SMILES string of the molecule is O=C(N[C@H]1CC[C@H](Nc2cc(-c3c[nH]c4ncccc34)cc(Cl)n2)CC1)C1CN(Cc2ccc(F)cc2F)C1. The first-order chi connectivity index (χ1) is 18.9. The van der Waals surface area contributed by atoms with Crippen molar-refractivity contribution >= 4 is 34.4 Å². The third kappa shape index (κ3) is 5.74. The molecular formula is C29H29ClF2N6O. The lowest BCUT2D eigenvalue weighted by atomic mass is 9.90. The highest BCUT2D eigenvalue weighted by molar-refractivity contribution is 6.29. The van der Waals surface area contributed by atoms with Crippen molar-refractivity contribution in [2.75, 3.05) is 18.4 Å². The zero-order chi connectivity index (χ0) is 26.9. The van der Waals surface area contributed by atoms with Crippen LogP contribution in [0.1, 0.15) is 31.2 Å². The Morgan fingerprint density at radius 2 is 1.87 bits per heavy atom. The molecule has 6 rings (SSSR count). The largest absolute Gasteiger partial charge is 0.367 e. The Morgan fingerprint density at radius 1 is 1.08 bits per heavy atom. The van der Waals surface area contributed by atoms with Gasteiger partial charge in [-0.3, -0.25) is 9.69 Å². The van der Waals surface area contributed by atoms with Crippen LogP contribution in [0.5, 0.6) is 0 Å². The number of halogens is 3. The van der Waals surface area contributed by atoms with E-state index in [1.807, 2.05) is 35.4 Å². The number of aromatic nitrogens is 3. The second kappa shape index (κ2) is 10.9. The summed E-state index contributed by atoms with van der Waals surface area (Å²) in [4.78, 5) is 26.8. The number of benzene rings is 1. The second-order valence-corrected chi connectivity index (χ2v) is 10.9. The number of fused-ring (bicyclic) bond motifs is 1. The molecule has 0 bridgehead atoms. The van der Waals surface area contributed by atoms with E-state index in [0.717, 1.165) is 59.7 Å². The molecule has 1 amide bonds. The van der Waals surface area contributed by atoms with Gasteiger partial charge in [-0.15, -0.1) is 0 Å². The van der Waals surface area contributed by atoms with E-state index in [2.05, 4.69) is 25.6 Å².